The maximum Gasteiger partial charge on any atom is 0.239 e. The average molecular weight is 537 g/mol. The Kier molecular flexibility index (Phi) is 9.80. The molecule has 0 radical (unpaired) electrons. The van der Waals surface area contributed by atoms with Crippen molar-refractivity contribution >= 4 is 34.1 Å². The fourth-order valence-electron chi connectivity index (χ4n) is 5.24. The highest BCUT2D eigenvalue weighted by Crippen LogP contribution is 2.26. The monoisotopic (exact) mass is 536 g/mol. The summed E-state index contributed by atoms with van der Waals surface area (Å²) in [7, 11) is 0.527. The Morgan fingerprint density at radius 2 is 1.35 bits per heavy atom. The first kappa shape index (κ1) is 27.4. The molecule has 0 fully saturated rings. The van der Waals surface area contributed by atoms with E-state index in [0.29, 0.717) is 11.8 Å². The van der Waals surface area contributed by atoms with Crippen LogP contribution in [0.15, 0.2) is 146 Å². The minimum absolute atomic E-state index is 0.291. The van der Waals surface area contributed by atoms with Crippen LogP contribution in [0.2, 0.25) is 6.04 Å². The number of nitrogens with zero attached hydrogens (tertiary/aromatic N) is 2. The van der Waals surface area contributed by atoms with Crippen LogP contribution in [-0.4, -0.2) is 26.4 Å². The molecular formula is C36H37BN2Si. The molecule has 0 aliphatic carbocycles. The molecule has 0 aliphatic rings. The van der Waals surface area contributed by atoms with Crippen molar-refractivity contribution in [2.24, 2.45) is 5.92 Å². The molecule has 4 heteroatoms. The molecule has 1 unspecified atom stereocenters. The largest absolute Gasteiger partial charge is 0.346 e. The molecular weight excluding hydrogens is 499 g/mol. The Morgan fingerprint density at radius 1 is 0.775 bits per heavy atom. The lowest BCUT2D eigenvalue weighted by atomic mass is 9.65. The zero-order chi connectivity index (χ0) is 27.4. The van der Waals surface area contributed by atoms with E-state index in [0.717, 1.165) is 19.2 Å². The molecule has 0 aliphatic heterocycles. The molecule has 2 nitrogen and oxygen atoms in total. The van der Waals surface area contributed by atoms with Gasteiger partial charge in [-0.3, -0.25) is 4.98 Å². The number of hydrogen-bond donors (Lipinski definition) is 0. The van der Waals surface area contributed by atoms with Gasteiger partial charge in [-0.25, -0.2) is 0 Å². The summed E-state index contributed by atoms with van der Waals surface area (Å²) < 4.78 is 2.39. The molecule has 1 heterocycles. The number of benzene rings is 4. The van der Waals surface area contributed by atoms with Gasteiger partial charge in [0.1, 0.15) is 0 Å². The highest BCUT2D eigenvalue weighted by molar-refractivity contribution is 6.73. The van der Waals surface area contributed by atoms with Crippen LogP contribution in [0.4, 0.5) is 0 Å². The second-order valence-corrected chi connectivity index (χ2v) is 12.2. The van der Waals surface area contributed by atoms with Crippen LogP contribution in [0.1, 0.15) is 35.1 Å². The van der Waals surface area contributed by atoms with Crippen LogP contribution in [0.3, 0.4) is 0 Å². The fraction of sp³-hybridized carbons (Fsp3) is 0.139. The van der Waals surface area contributed by atoms with Gasteiger partial charge < -0.3 is 4.57 Å². The third-order valence-electron chi connectivity index (χ3n) is 7.44. The van der Waals surface area contributed by atoms with E-state index >= 15 is 0 Å². The topological polar surface area (TPSA) is 17.8 Å². The average Bonchev–Trinajstić information content (AvgIpc) is 3.45. The van der Waals surface area contributed by atoms with E-state index in [2.05, 4.69) is 157 Å². The lowest BCUT2D eigenvalue weighted by Crippen LogP contribution is -2.29. The maximum absolute atomic E-state index is 4.78. The number of hydrogen-bond acceptors (Lipinski definition) is 1. The maximum atomic E-state index is 4.78. The normalized spacial score (nSPS) is 12.9. The van der Waals surface area contributed by atoms with Gasteiger partial charge in [-0.1, -0.05) is 158 Å². The number of rotatable bonds is 12. The van der Waals surface area contributed by atoms with Crippen molar-refractivity contribution in [3.05, 3.63) is 168 Å². The summed E-state index contributed by atoms with van der Waals surface area (Å²) in [6.45, 7) is 2.36. The lowest BCUT2D eigenvalue weighted by Gasteiger charge is -2.15. The van der Waals surface area contributed by atoms with Crippen LogP contribution < -0.4 is 5.72 Å². The van der Waals surface area contributed by atoms with Crippen LogP contribution in [-0.2, 0) is 6.17 Å². The van der Waals surface area contributed by atoms with Gasteiger partial charge in [0.25, 0.3) is 0 Å². The first-order valence-electron chi connectivity index (χ1n) is 14.4. The second-order valence-electron chi connectivity index (χ2n) is 10.5. The van der Waals surface area contributed by atoms with Crippen molar-refractivity contribution in [2.75, 3.05) is 0 Å². The molecule has 0 amide bonds. The van der Waals surface area contributed by atoms with Crippen molar-refractivity contribution in [3.8, 4) is 0 Å². The zero-order valence-corrected chi connectivity index (χ0v) is 24.7. The third kappa shape index (κ3) is 7.71. The minimum Gasteiger partial charge on any atom is -0.346 e. The van der Waals surface area contributed by atoms with E-state index in [-0.39, 0.29) is 9.52 Å². The summed E-state index contributed by atoms with van der Waals surface area (Å²) in [5.41, 5.74) is 7.60. The van der Waals surface area contributed by atoms with Crippen molar-refractivity contribution in [1.29, 1.82) is 0 Å². The second kappa shape index (κ2) is 14.3. The van der Waals surface area contributed by atoms with Gasteiger partial charge in [0, 0.05) is 34.0 Å². The van der Waals surface area contributed by atoms with E-state index in [1.165, 1.54) is 33.8 Å². The Labute approximate surface area is 242 Å². The summed E-state index contributed by atoms with van der Waals surface area (Å²) in [6.07, 6.45) is 12.4. The van der Waals surface area contributed by atoms with E-state index in [1.807, 2.05) is 6.20 Å². The summed E-state index contributed by atoms with van der Waals surface area (Å²) >= 11 is 0. The molecule has 0 saturated carbocycles. The summed E-state index contributed by atoms with van der Waals surface area (Å²) in [5.74, 6) is 0.853. The summed E-state index contributed by atoms with van der Waals surface area (Å²) in [6, 6.07) is 44.2. The molecule has 0 saturated heterocycles. The van der Waals surface area contributed by atoms with Crippen LogP contribution in [0.25, 0.3) is 11.5 Å². The first-order chi connectivity index (χ1) is 19.8. The van der Waals surface area contributed by atoms with Crippen molar-refractivity contribution in [2.45, 2.75) is 25.1 Å². The Hall–Kier alpha value is -4.15. The molecule has 4 aromatic carbocycles. The third-order valence-corrected chi connectivity index (χ3v) is 9.56. The molecule has 0 bridgehead atoms. The molecule has 5 rings (SSSR count). The molecule has 1 atom stereocenters. The number of allylic oxidation sites excluding steroid dienone is 2. The fourth-order valence-corrected chi connectivity index (χ4v) is 7.00. The molecule has 0 N–H and O–H groups in total. The van der Waals surface area contributed by atoms with E-state index in [1.54, 1.807) is 0 Å². The number of aromatic nitrogens is 2. The lowest BCUT2D eigenvalue weighted by molar-refractivity contribution is 0.797. The van der Waals surface area contributed by atoms with E-state index in [4.69, 9.17) is 4.98 Å². The van der Waals surface area contributed by atoms with E-state index in [9.17, 15) is 0 Å². The van der Waals surface area contributed by atoms with Gasteiger partial charge in [0.05, 0.1) is 5.72 Å². The Bertz CT molecular complexity index is 1460. The summed E-state index contributed by atoms with van der Waals surface area (Å²) in [4.78, 5) is 4.78. The van der Waals surface area contributed by atoms with Gasteiger partial charge in [0.2, 0.25) is 7.28 Å². The van der Waals surface area contributed by atoms with Crippen molar-refractivity contribution < 1.29 is 0 Å². The van der Waals surface area contributed by atoms with Gasteiger partial charge in [-0.2, -0.15) is 0 Å². The Balaban J connectivity index is 1.23. The quantitative estimate of drug-likeness (QED) is 0.0985. The minimum atomic E-state index is -0.298. The van der Waals surface area contributed by atoms with Crippen LogP contribution >= 0.6 is 0 Å². The predicted molar refractivity (Wildman–Crippen MR) is 176 cm³/mol. The van der Waals surface area contributed by atoms with Crippen LogP contribution in [0, 0.1) is 5.92 Å². The van der Waals surface area contributed by atoms with Gasteiger partial charge in [0.15, 0.2) is 0 Å². The van der Waals surface area contributed by atoms with Gasteiger partial charge in [-0.15, -0.1) is 0 Å². The molecule has 0 spiro atoms. The standard InChI is InChI=1S/C36H37BN2Si/c1-29(22-23-34(31-16-8-3-9-17-31)32-18-10-4-11-19-32)27-40-28-39-25-24-38-36(39)37-35(33-20-12-5-13-21-33)26-30-14-6-2-7-15-30/h2-26,29,34,37H,27-28,40H2,1H3. The molecule has 5 aromatic rings. The molecule has 40 heavy (non-hydrogen) atoms. The van der Waals surface area contributed by atoms with Gasteiger partial charge in [-0.05, 0) is 28.2 Å². The smallest absolute Gasteiger partial charge is 0.239 e. The van der Waals surface area contributed by atoms with E-state index < -0.39 is 0 Å². The number of imidazole rings is 1. The molecule has 1 aromatic heterocycles. The van der Waals surface area contributed by atoms with Crippen molar-refractivity contribution in [1.82, 2.24) is 9.55 Å². The predicted octanol–water partition coefficient (Wildman–Crippen LogP) is 6.71. The SMILES string of the molecule is CC(C=CC(c1ccccc1)c1ccccc1)C[SiH2]Cn1ccnc1BC(=Cc1ccccc1)c1ccccc1. The van der Waals surface area contributed by atoms with Crippen molar-refractivity contribution in [3.63, 3.8) is 0 Å². The highest BCUT2D eigenvalue weighted by Gasteiger charge is 2.13. The summed E-state index contributed by atoms with van der Waals surface area (Å²) in [5, 5.41) is 0. The molecule has 198 valence electrons. The zero-order valence-electron chi connectivity index (χ0n) is 23.3. The highest BCUT2D eigenvalue weighted by atomic mass is 28.2. The van der Waals surface area contributed by atoms with Gasteiger partial charge >= 0.3 is 0 Å². The Morgan fingerprint density at radius 3 is 1.98 bits per heavy atom. The van der Waals surface area contributed by atoms with Crippen LogP contribution in [0.5, 0.6) is 0 Å². The first-order valence-corrected chi connectivity index (χ1v) is 16.4.